The zero-order chi connectivity index (χ0) is 11.5. The molecular formula is C12H13ClO3. The first-order valence-corrected chi connectivity index (χ1v) is 5.62. The standard InChI is InChI=1S/C12H13ClO3/c13-10-3-1-8(2-4-10)7-16-11-5-9(6-11)12(14)15/h1-4,9,11H,5-7H2,(H,14,15)/t9-,11-. The average molecular weight is 241 g/mol. The van der Waals surface area contributed by atoms with Gasteiger partial charge in [0.15, 0.2) is 0 Å². The summed E-state index contributed by atoms with van der Waals surface area (Å²) in [5.74, 6) is -0.929. The highest BCUT2D eigenvalue weighted by molar-refractivity contribution is 6.30. The molecule has 0 bridgehead atoms. The molecule has 0 saturated heterocycles. The number of halogens is 1. The van der Waals surface area contributed by atoms with Gasteiger partial charge in [0.2, 0.25) is 0 Å². The highest BCUT2D eigenvalue weighted by atomic mass is 35.5. The van der Waals surface area contributed by atoms with Crippen molar-refractivity contribution >= 4 is 17.6 Å². The van der Waals surface area contributed by atoms with Crippen LogP contribution in [0.3, 0.4) is 0 Å². The molecule has 1 aliphatic carbocycles. The van der Waals surface area contributed by atoms with Crippen LogP contribution in [-0.4, -0.2) is 17.2 Å². The van der Waals surface area contributed by atoms with Crippen LogP contribution in [0, 0.1) is 5.92 Å². The number of ether oxygens (including phenoxy) is 1. The Bertz CT molecular complexity index is 368. The molecule has 0 amide bonds. The van der Waals surface area contributed by atoms with E-state index in [0.29, 0.717) is 24.5 Å². The number of carboxylic acids is 1. The molecule has 0 unspecified atom stereocenters. The van der Waals surface area contributed by atoms with Crippen molar-refractivity contribution in [2.75, 3.05) is 0 Å². The molecule has 0 atom stereocenters. The summed E-state index contributed by atoms with van der Waals surface area (Å²) < 4.78 is 5.58. The van der Waals surface area contributed by atoms with Crippen molar-refractivity contribution in [3.05, 3.63) is 34.9 Å². The van der Waals surface area contributed by atoms with E-state index in [1.54, 1.807) is 0 Å². The van der Waals surface area contributed by atoms with Crippen LogP contribution < -0.4 is 0 Å². The van der Waals surface area contributed by atoms with Gasteiger partial charge in [0.25, 0.3) is 0 Å². The van der Waals surface area contributed by atoms with Crippen LogP contribution in [0.15, 0.2) is 24.3 Å². The van der Waals surface area contributed by atoms with Gasteiger partial charge >= 0.3 is 5.97 Å². The maximum Gasteiger partial charge on any atom is 0.306 e. The first kappa shape index (κ1) is 11.4. The Labute approximate surface area is 99.0 Å². The summed E-state index contributed by atoms with van der Waals surface area (Å²) in [4.78, 5) is 10.6. The lowest BCUT2D eigenvalue weighted by atomic mass is 9.82. The second kappa shape index (κ2) is 4.85. The molecule has 0 heterocycles. The summed E-state index contributed by atoms with van der Waals surface area (Å²) in [6.45, 7) is 0.522. The fourth-order valence-corrected chi connectivity index (χ4v) is 1.82. The predicted molar refractivity (Wildman–Crippen MR) is 60.4 cm³/mol. The average Bonchev–Trinajstić information content (AvgIpc) is 2.18. The lowest BCUT2D eigenvalue weighted by molar-refractivity contribution is -0.151. The highest BCUT2D eigenvalue weighted by Crippen LogP contribution is 2.30. The molecule has 1 saturated carbocycles. The van der Waals surface area contributed by atoms with Crippen LogP contribution in [0.25, 0.3) is 0 Å². The van der Waals surface area contributed by atoms with Gasteiger partial charge in [0, 0.05) is 5.02 Å². The molecule has 0 aromatic heterocycles. The van der Waals surface area contributed by atoms with E-state index in [-0.39, 0.29) is 12.0 Å². The summed E-state index contributed by atoms with van der Waals surface area (Å²) >= 11 is 5.76. The van der Waals surface area contributed by atoms with Crippen molar-refractivity contribution in [3.63, 3.8) is 0 Å². The largest absolute Gasteiger partial charge is 0.481 e. The molecule has 1 aliphatic rings. The van der Waals surface area contributed by atoms with Crippen molar-refractivity contribution in [2.45, 2.75) is 25.6 Å². The monoisotopic (exact) mass is 240 g/mol. The third-order valence-electron chi connectivity index (χ3n) is 2.84. The quantitative estimate of drug-likeness (QED) is 0.880. The Morgan fingerprint density at radius 1 is 1.38 bits per heavy atom. The molecule has 2 rings (SSSR count). The van der Waals surface area contributed by atoms with Crippen LogP contribution in [0.5, 0.6) is 0 Å². The van der Waals surface area contributed by atoms with Crippen LogP contribution in [-0.2, 0) is 16.1 Å². The van der Waals surface area contributed by atoms with Gasteiger partial charge in [-0.3, -0.25) is 4.79 Å². The molecule has 0 aliphatic heterocycles. The van der Waals surface area contributed by atoms with E-state index in [9.17, 15) is 4.79 Å². The Morgan fingerprint density at radius 3 is 2.56 bits per heavy atom. The topological polar surface area (TPSA) is 46.5 Å². The number of aliphatic carboxylic acids is 1. The van der Waals surface area contributed by atoms with Crippen molar-refractivity contribution in [1.82, 2.24) is 0 Å². The summed E-state index contributed by atoms with van der Waals surface area (Å²) in [7, 11) is 0. The lowest BCUT2D eigenvalue weighted by Crippen LogP contribution is -2.36. The van der Waals surface area contributed by atoms with E-state index >= 15 is 0 Å². The number of carboxylic acid groups (broad SMARTS) is 1. The predicted octanol–water partition coefficient (Wildman–Crippen LogP) is 2.72. The maximum absolute atomic E-state index is 10.6. The lowest BCUT2D eigenvalue weighted by Gasteiger charge is -2.32. The van der Waals surface area contributed by atoms with Gasteiger partial charge in [0.1, 0.15) is 0 Å². The normalized spacial score (nSPS) is 23.8. The number of carbonyl (C=O) groups is 1. The van der Waals surface area contributed by atoms with E-state index in [1.165, 1.54) is 0 Å². The molecule has 1 N–H and O–H groups in total. The second-order valence-corrected chi connectivity index (χ2v) is 4.50. The van der Waals surface area contributed by atoms with Gasteiger partial charge in [-0.15, -0.1) is 0 Å². The fourth-order valence-electron chi connectivity index (χ4n) is 1.70. The van der Waals surface area contributed by atoms with E-state index in [0.717, 1.165) is 5.56 Å². The molecule has 0 radical (unpaired) electrons. The maximum atomic E-state index is 10.6. The van der Waals surface area contributed by atoms with E-state index in [1.807, 2.05) is 24.3 Å². The Balaban J connectivity index is 1.73. The molecule has 86 valence electrons. The Kier molecular flexibility index (Phi) is 3.46. The zero-order valence-electron chi connectivity index (χ0n) is 8.73. The summed E-state index contributed by atoms with van der Waals surface area (Å²) in [6.07, 6.45) is 1.35. The van der Waals surface area contributed by atoms with Crippen molar-refractivity contribution in [1.29, 1.82) is 0 Å². The molecule has 1 aromatic carbocycles. The van der Waals surface area contributed by atoms with Gasteiger partial charge in [-0.1, -0.05) is 23.7 Å². The Morgan fingerprint density at radius 2 is 2.00 bits per heavy atom. The van der Waals surface area contributed by atoms with Crippen molar-refractivity contribution in [3.8, 4) is 0 Å². The molecule has 3 nitrogen and oxygen atoms in total. The first-order chi connectivity index (χ1) is 7.65. The van der Waals surface area contributed by atoms with Gasteiger partial charge in [-0.2, -0.15) is 0 Å². The zero-order valence-corrected chi connectivity index (χ0v) is 9.48. The van der Waals surface area contributed by atoms with Gasteiger partial charge in [0.05, 0.1) is 18.6 Å². The van der Waals surface area contributed by atoms with Gasteiger partial charge < -0.3 is 9.84 Å². The summed E-state index contributed by atoms with van der Waals surface area (Å²) in [5, 5.41) is 9.40. The van der Waals surface area contributed by atoms with Gasteiger partial charge in [-0.05, 0) is 30.5 Å². The van der Waals surface area contributed by atoms with Crippen molar-refractivity contribution < 1.29 is 14.6 Å². The van der Waals surface area contributed by atoms with Crippen LogP contribution >= 0.6 is 11.6 Å². The smallest absolute Gasteiger partial charge is 0.306 e. The third kappa shape index (κ3) is 2.74. The molecule has 4 heteroatoms. The number of hydrogen-bond acceptors (Lipinski definition) is 2. The molecule has 1 fully saturated rings. The minimum absolute atomic E-state index is 0.0942. The SMILES string of the molecule is O=C(O)[C@H]1C[C@H](OCc2ccc(Cl)cc2)C1. The van der Waals surface area contributed by atoms with E-state index < -0.39 is 5.97 Å². The van der Waals surface area contributed by atoms with Crippen LogP contribution in [0.2, 0.25) is 5.02 Å². The minimum Gasteiger partial charge on any atom is -0.481 e. The van der Waals surface area contributed by atoms with E-state index in [2.05, 4.69) is 0 Å². The van der Waals surface area contributed by atoms with Crippen LogP contribution in [0.4, 0.5) is 0 Å². The minimum atomic E-state index is -0.716. The molecule has 1 aromatic rings. The third-order valence-corrected chi connectivity index (χ3v) is 3.09. The highest BCUT2D eigenvalue weighted by Gasteiger charge is 2.34. The fraction of sp³-hybridized carbons (Fsp3) is 0.417. The molecular weight excluding hydrogens is 228 g/mol. The summed E-state index contributed by atoms with van der Waals surface area (Å²) in [5.41, 5.74) is 1.06. The first-order valence-electron chi connectivity index (χ1n) is 5.24. The van der Waals surface area contributed by atoms with Crippen molar-refractivity contribution in [2.24, 2.45) is 5.92 Å². The number of hydrogen-bond donors (Lipinski definition) is 1. The van der Waals surface area contributed by atoms with E-state index in [4.69, 9.17) is 21.4 Å². The van der Waals surface area contributed by atoms with Crippen LogP contribution in [0.1, 0.15) is 18.4 Å². The summed E-state index contributed by atoms with van der Waals surface area (Å²) in [6, 6.07) is 7.47. The van der Waals surface area contributed by atoms with Gasteiger partial charge in [-0.25, -0.2) is 0 Å². The Hall–Kier alpha value is -1.06. The molecule has 0 spiro atoms. The number of rotatable bonds is 4. The second-order valence-electron chi connectivity index (χ2n) is 4.07. The number of benzene rings is 1. The molecule has 16 heavy (non-hydrogen) atoms.